The lowest BCUT2D eigenvalue weighted by molar-refractivity contribution is -0.123. The van der Waals surface area contributed by atoms with Crippen LogP contribution < -0.4 is 11.1 Å². The molecule has 3 N–H and O–H groups in total. The quantitative estimate of drug-likeness (QED) is 0.857. The maximum absolute atomic E-state index is 12.0. The summed E-state index contributed by atoms with van der Waals surface area (Å²) in [5.41, 5.74) is 7.86. The molecular weight excluding hydrogens is 356 g/mol. The first-order valence-corrected chi connectivity index (χ1v) is 8.67. The van der Waals surface area contributed by atoms with Gasteiger partial charge in [0.05, 0.1) is 4.47 Å². The number of aryl methyl sites for hydroxylation is 1. The van der Waals surface area contributed by atoms with Crippen LogP contribution in [0.3, 0.4) is 0 Å². The summed E-state index contributed by atoms with van der Waals surface area (Å²) in [6.07, 6.45) is 6.72. The topological polar surface area (TPSA) is 72.9 Å². The van der Waals surface area contributed by atoms with E-state index in [9.17, 15) is 4.79 Å². The number of nitrogens with two attached hydrogens (primary N) is 1. The molecule has 122 valence electrons. The largest absolute Gasteiger partial charge is 0.371 e. The number of aromatic nitrogens is 2. The molecule has 1 saturated carbocycles. The van der Waals surface area contributed by atoms with Gasteiger partial charge in [-0.15, -0.1) is 0 Å². The molecule has 6 heteroatoms. The molecule has 1 aromatic heterocycles. The van der Waals surface area contributed by atoms with Crippen molar-refractivity contribution < 1.29 is 4.79 Å². The van der Waals surface area contributed by atoms with E-state index < -0.39 is 5.54 Å². The van der Waals surface area contributed by atoms with Crippen LogP contribution in [0, 0.1) is 0 Å². The third-order valence-corrected chi connectivity index (χ3v) is 5.06. The second-order valence-corrected chi connectivity index (χ2v) is 7.07. The molecule has 1 amide bonds. The van der Waals surface area contributed by atoms with E-state index in [0.717, 1.165) is 53.5 Å². The fourth-order valence-electron chi connectivity index (χ4n) is 3.26. The SMILES string of the molecule is Cn1cc(Br)c(-c2cccc(NC3(C(N)=O)CCCCC3)c2)n1. The lowest BCUT2D eigenvalue weighted by Gasteiger charge is -2.36. The number of nitrogens with zero attached hydrogens (tertiary/aromatic N) is 2. The van der Waals surface area contributed by atoms with E-state index in [0.29, 0.717) is 0 Å². The minimum atomic E-state index is -0.627. The molecule has 0 aliphatic heterocycles. The van der Waals surface area contributed by atoms with Crippen molar-refractivity contribution in [3.63, 3.8) is 0 Å². The Labute approximate surface area is 144 Å². The van der Waals surface area contributed by atoms with Crippen LogP contribution in [0.25, 0.3) is 11.3 Å². The Balaban J connectivity index is 1.90. The number of amides is 1. The molecule has 1 aliphatic carbocycles. The van der Waals surface area contributed by atoms with Crippen molar-refractivity contribution in [1.82, 2.24) is 9.78 Å². The van der Waals surface area contributed by atoms with Gasteiger partial charge in [-0.25, -0.2) is 0 Å². The number of hydrogen-bond acceptors (Lipinski definition) is 3. The zero-order valence-electron chi connectivity index (χ0n) is 13.2. The highest BCUT2D eigenvalue weighted by molar-refractivity contribution is 9.10. The molecule has 0 atom stereocenters. The van der Waals surface area contributed by atoms with Crippen LogP contribution in [0.1, 0.15) is 32.1 Å². The predicted octanol–water partition coefficient (Wildman–Crippen LogP) is 3.45. The van der Waals surface area contributed by atoms with E-state index in [1.807, 2.05) is 37.5 Å². The van der Waals surface area contributed by atoms with Gasteiger partial charge in [-0.2, -0.15) is 5.10 Å². The molecule has 0 spiro atoms. The fraction of sp³-hybridized carbons (Fsp3) is 0.412. The number of carbonyl (C=O) groups excluding carboxylic acids is 1. The number of benzene rings is 1. The molecule has 1 fully saturated rings. The van der Waals surface area contributed by atoms with Gasteiger partial charge in [-0.1, -0.05) is 31.4 Å². The van der Waals surface area contributed by atoms with Gasteiger partial charge in [0.2, 0.25) is 5.91 Å². The van der Waals surface area contributed by atoms with E-state index in [4.69, 9.17) is 5.73 Å². The van der Waals surface area contributed by atoms with Crippen LogP contribution in [0.15, 0.2) is 34.9 Å². The van der Waals surface area contributed by atoms with Crippen LogP contribution in [0.2, 0.25) is 0 Å². The molecule has 0 unspecified atom stereocenters. The summed E-state index contributed by atoms with van der Waals surface area (Å²) in [6, 6.07) is 7.97. The molecule has 3 rings (SSSR count). The van der Waals surface area contributed by atoms with E-state index in [1.54, 1.807) is 4.68 Å². The monoisotopic (exact) mass is 376 g/mol. The second-order valence-electron chi connectivity index (χ2n) is 6.21. The Morgan fingerprint density at radius 2 is 2.09 bits per heavy atom. The first-order chi connectivity index (χ1) is 11.0. The van der Waals surface area contributed by atoms with Gasteiger partial charge in [0.25, 0.3) is 0 Å². The molecule has 2 aromatic rings. The number of anilines is 1. The second kappa shape index (κ2) is 6.35. The predicted molar refractivity (Wildman–Crippen MR) is 95.0 cm³/mol. The summed E-state index contributed by atoms with van der Waals surface area (Å²) < 4.78 is 2.71. The summed E-state index contributed by atoms with van der Waals surface area (Å²) >= 11 is 3.53. The first-order valence-electron chi connectivity index (χ1n) is 7.88. The van der Waals surface area contributed by atoms with E-state index in [1.165, 1.54) is 0 Å². The average molecular weight is 377 g/mol. The number of nitrogens with one attached hydrogen (secondary N) is 1. The number of halogens is 1. The Kier molecular flexibility index (Phi) is 4.43. The van der Waals surface area contributed by atoms with Crippen LogP contribution in [0.4, 0.5) is 5.69 Å². The zero-order valence-corrected chi connectivity index (χ0v) is 14.8. The van der Waals surface area contributed by atoms with Crippen LogP contribution in [-0.4, -0.2) is 21.2 Å². The third-order valence-electron chi connectivity index (χ3n) is 4.48. The molecular formula is C17H21BrN4O. The van der Waals surface area contributed by atoms with Crippen molar-refractivity contribution in [2.24, 2.45) is 12.8 Å². The maximum Gasteiger partial charge on any atom is 0.243 e. The van der Waals surface area contributed by atoms with E-state index in [-0.39, 0.29) is 5.91 Å². The Morgan fingerprint density at radius 1 is 1.35 bits per heavy atom. The minimum Gasteiger partial charge on any atom is -0.371 e. The first kappa shape index (κ1) is 16.1. The van der Waals surface area contributed by atoms with Crippen molar-refractivity contribution in [2.45, 2.75) is 37.6 Å². The van der Waals surface area contributed by atoms with Crippen molar-refractivity contribution in [1.29, 1.82) is 0 Å². The number of rotatable bonds is 4. The summed E-state index contributed by atoms with van der Waals surface area (Å²) in [6.45, 7) is 0. The lowest BCUT2D eigenvalue weighted by atomic mass is 9.81. The molecule has 5 nitrogen and oxygen atoms in total. The van der Waals surface area contributed by atoms with Gasteiger partial charge in [-0.05, 0) is 40.9 Å². The van der Waals surface area contributed by atoms with Crippen molar-refractivity contribution in [3.8, 4) is 11.3 Å². The number of carbonyl (C=O) groups is 1. The van der Waals surface area contributed by atoms with Gasteiger partial charge in [0.15, 0.2) is 0 Å². The van der Waals surface area contributed by atoms with Crippen LogP contribution in [-0.2, 0) is 11.8 Å². The third kappa shape index (κ3) is 3.27. The highest BCUT2D eigenvalue weighted by Gasteiger charge is 2.37. The smallest absolute Gasteiger partial charge is 0.243 e. The molecule has 0 bridgehead atoms. The highest BCUT2D eigenvalue weighted by atomic mass is 79.9. The normalized spacial score (nSPS) is 17.0. The van der Waals surface area contributed by atoms with Crippen LogP contribution >= 0.6 is 15.9 Å². The van der Waals surface area contributed by atoms with Gasteiger partial charge < -0.3 is 11.1 Å². The standard InChI is InChI=1S/C17H21BrN4O/c1-22-11-14(18)15(21-22)12-6-5-7-13(10-12)20-17(16(19)23)8-3-2-4-9-17/h5-7,10-11,20H,2-4,8-9H2,1H3,(H2,19,23). The summed E-state index contributed by atoms with van der Waals surface area (Å²) in [7, 11) is 1.89. The maximum atomic E-state index is 12.0. The van der Waals surface area contributed by atoms with Gasteiger partial charge in [-0.3, -0.25) is 9.48 Å². The van der Waals surface area contributed by atoms with Crippen molar-refractivity contribution in [2.75, 3.05) is 5.32 Å². The van der Waals surface area contributed by atoms with Crippen LogP contribution in [0.5, 0.6) is 0 Å². The Morgan fingerprint density at radius 3 is 2.70 bits per heavy atom. The molecule has 0 saturated heterocycles. The van der Waals surface area contributed by atoms with Crippen molar-refractivity contribution >= 4 is 27.5 Å². The molecule has 1 aliphatic rings. The van der Waals surface area contributed by atoms with E-state index >= 15 is 0 Å². The summed E-state index contributed by atoms with van der Waals surface area (Å²) in [5.74, 6) is -0.262. The Hall–Kier alpha value is -1.82. The lowest BCUT2D eigenvalue weighted by Crippen LogP contribution is -2.51. The molecule has 0 radical (unpaired) electrons. The summed E-state index contributed by atoms with van der Waals surface area (Å²) in [4.78, 5) is 12.0. The van der Waals surface area contributed by atoms with Gasteiger partial charge in [0, 0.05) is 24.5 Å². The van der Waals surface area contributed by atoms with Gasteiger partial charge >= 0.3 is 0 Å². The molecule has 1 heterocycles. The zero-order chi connectivity index (χ0) is 16.4. The Bertz CT molecular complexity index is 719. The molecule has 23 heavy (non-hydrogen) atoms. The van der Waals surface area contributed by atoms with E-state index in [2.05, 4.69) is 26.3 Å². The van der Waals surface area contributed by atoms with Crippen molar-refractivity contribution in [3.05, 3.63) is 34.9 Å². The fourth-order valence-corrected chi connectivity index (χ4v) is 3.87. The van der Waals surface area contributed by atoms with Gasteiger partial charge in [0.1, 0.15) is 11.2 Å². The average Bonchev–Trinajstić information content (AvgIpc) is 2.87. The highest BCUT2D eigenvalue weighted by Crippen LogP contribution is 2.33. The molecule has 1 aromatic carbocycles. The summed E-state index contributed by atoms with van der Waals surface area (Å²) in [5, 5.41) is 7.88. The number of hydrogen-bond donors (Lipinski definition) is 2. The minimum absolute atomic E-state index is 0.262. The number of primary amides is 1.